The van der Waals surface area contributed by atoms with Gasteiger partial charge in [-0.25, -0.2) is 18.2 Å². The summed E-state index contributed by atoms with van der Waals surface area (Å²) in [6, 6.07) is 14.2. The van der Waals surface area contributed by atoms with Gasteiger partial charge >= 0.3 is 0 Å². The molecule has 12 heteroatoms. The van der Waals surface area contributed by atoms with Gasteiger partial charge < -0.3 is 14.2 Å². The van der Waals surface area contributed by atoms with Crippen LogP contribution in [0.1, 0.15) is 5.56 Å². The van der Waals surface area contributed by atoms with Gasteiger partial charge in [0.25, 0.3) is 15.9 Å². The van der Waals surface area contributed by atoms with Crippen molar-refractivity contribution in [2.24, 2.45) is 5.10 Å². The number of anilines is 1. The van der Waals surface area contributed by atoms with Gasteiger partial charge in [0.15, 0.2) is 11.5 Å². The first-order valence-corrected chi connectivity index (χ1v) is 12.8. The number of sulfonamides is 1. The zero-order chi connectivity index (χ0) is 25.7. The van der Waals surface area contributed by atoms with Crippen molar-refractivity contribution in [2.75, 3.05) is 31.2 Å². The molecule has 3 aromatic rings. The van der Waals surface area contributed by atoms with E-state index >= 15 is 0 Å². The number of nitrogens with one attached hydrogen (secondary N) is 1. The van der Waals surface area contributed by atoms with Crippen LogP contribution in [0.5, 0.6) is 17.2 Å². The maximum atomic E-state index is 13.6. The minimum absolute atomic E-state index is 0.0964. The molecule has 0 bridgehead atoms. The third kappa shape index (κ3) is 5.77. The largest absolute Gasteiger partial charge is 0.496 e. The number of rotatable bonds is 8. The van der Waals surface area contributed by atoms with Crippen molar-refractivity contribution in [3.8, 4) is 17.2 Å². The van der Waals surface area contributed by atoms with Gasteiger partial charge in [-0.2, -0.15) is 5.10 Å². The van der Waals surface area contributed by atoms with Gasteiger partial charge in [-0.3, -0.25) is 9.10 Å². The fourth-order valence-corrected chi connectivity index (χ4v) is 5.20. The fourth-order valence-electron chi connectivity index (χ4n) is 3.38. The minimum Gasteiger partial charge on any atom is -0.496 e. The fraction of sp³-hybridized carbons (Fsp3) is 0.167. The van der Waals surface area contributed by atoms with Gasteiger partial charge in [0.05, 0.1) is 23.9 Å². The van der Waals surface area contributed by atoms with Crippen molar-refractivity contribution in [1.29, 1.82) is 0 Å². The van der Waals surface area contributed by atoms with Gasteiger partial charge in [0, 0.05) is 16.1 Å². The number of carbonyl (C=O) groups is 1. The zero-order valence-corrected chi connectivity index (χ0v) is 21.4. The van der Waals surface area contributed by atoms with Crippen LogP contribution in [-0.2, 0) is 14.8 Å². The van der Waals surface area contributed by atoms with E-state index in [1.165, 1.54) is 43.7 Å². The molecule has 3 aromatic carbocycles. The number of hydrogen-bond donors (Lipinski definition) is 1. The monoisotopic (exact) mass is 577 g/mol. The van der Waals surface area contributed by atoms with Crippen LogP contribution >= 0.6 is 15.9 Å². The molecule has 9 nitrogen and oxygen atoms in total. The maximum Gasteiger partial charge on any atom is 0.264 e. The summed E-state index contributed by atoms with van der Waals surface area (Å²) in [5, 5.41) is 3.92. The predicted molar refractivity (Wildman–Crippen MR) is 135 cm³/mol. The highest BCUT2D eigenvalue weighted by molar-refractivity contribution is 9.10. The number of nitrogens with zero attached hydrogens (tertiary/aromatic N) is 2. The Bertz CT molecular complexity index is 1400. The lowest BCUT2D eigenvalue weighted by Gasteiger charge is -2.25. The molecule has 0 aromatic heterocycles. The number of amides is 1. The normalized spacial score (nSPS) is 12.9. The van der Waals surface area contributed by atoms with E-state index in [-0.39, 0.29) is 22.9 Å². The molecule has 36 heavy (non-hydrogen) atoms. The van der Waals surface area contributed by atoms with Gasteiger partial charge in [0.2, 0.25) is 0 Å². The van der Waals surface area contributed by atoms with E-state index in [0.717, 1.165) is 20.9 Å². The summed E-state index contributed by atoms with van der Waals surface area (Å²) in [5.74, 6) is -0.0366. The third-order valence-electron chi connectivity index (χ3n) is 5.09. The predicted octanol–water partition coefficient (Wildman–Crippen LogP) is 3.71. The Kier molecular flexibility index (Phi) is 7.75. The molecule has 1 N–H and O–H groups in total. The summed E-state index contributed by atoms with van der Waals surface area (Å²) in [4.78, 5) is 12.6. The highest BCUT2D eigenvalue weighted by Gasteiger charge is 2.29. The second kappa shape index (κ2) is 11.0. The molecule has 0 saturated carbocycles. The van der Waals surface area contributed by atoms with Crippen molar-refractivity contribution in [3.63, 3.8) is 0 Å². The molecule has 0 spiro atoms. The third-order valence-corrected chi connectivity index (χ3v) is 7.35. The van der Waals surface area contributed by atoms with Crippen LogP contribution < -0.4 is 23.9 Å². The number of methoxy groups -OCH3 is 1. The Morgan fingerprint density at radius 2 is 1.83 bits per heavy atom. The Morgan fingerprint density at radius 1 is 1.11 bits per heavy atom. The quantitative estimate of drug-likeness (QED) is 0.323. The molecular formula is C24H21BrFN3O6S. The highest BCUT2D eigenvalue weighted by atomic mass is 79.9. The first-order chi connectivity index (χ1) is 17.3. The molecule has 1 aliphatic rings. The van der Waals surface area contributed by atoms with E-state index in [0.29, 0.717) is 23.7 Å². The molecule has 0 saturated heterocycles. The number of hydrazone groups is 1. The molecule has 0 aliphatic carbocycles. The topological polar surface area (TPSA) is 107 Å². The van der Waals surface area contributed by atoms with Crippen molar-refractivity contribution >= 4 is 43.8 Å². The minimum atomic E-state index is -4.25. The Morgan fingerprint density at radius 3 is 2.56 bits per heavy atom. The molecule has 0 unspecified atom stereocenters. The Hall–Kier alpha value is -3.64. The molecule has 0 radical (unpaired) electrons. The van der Waals surface area contributed by atoms with Crippen LogP contribution in [0.2, 0.25) is 0 Å². The molecule has 0 atom stereocenters. The van der Waals surface area contributed by atoms with Crippen LogP contribution in [0.15, 0.2) is 75.1 Å². The number of benzene rings is 3. The summed E-state index contributed by atoms with van der Waals surface area (Å²) in [5.41, 5.74) is 3.01. The van der Waals surface area contributed by atoms with Crippen molar-refractivity contribution in [2.45, 2.75) is 4.90 Å². The van der Waals surface area contributed by atoms with E-state index in [9.17, 15) is 17.6 Å². The van der Waals surface area contributed by atoms with Crippen molar-refractivity contribution in [1.82, 2.24) is 5.43 Å². The smallest absolute Gasteiger partial charge is 0.264 e. The summed E-state index contributed by atoms with van der Waals surface area (Å²) in [7, 11) is -2.75. The maximum absolute atomic E-state index is 13.6. The van der Waals surface area contributed by atoms with Crippen molar-refractivity contribution < 1.29 is 31.8 Å². The summed E-state index contributed by atoms with van der Waals surface area (Å²) >= 11 is 3.36. The number of carbonyl (C=O) groups excluding carboxylic acids is 1. The van der Waals surface area contributed by atoms with Crippen LogP contribution in [0.25, 0.3) is 0 Å². The standard InChI is InChI=1S/C24H21BrFN3O6S/c1-33-21-8-2-17(25)12-16(21)14-27-28-24(30)15-29(19-5-3-18(26)4-6-19)36(31,32)20-7-9-22-23(13-20)35-11-10-34-22/h2-9,12-14H,10-11,15H2,1H3,(H,28,30)/b27-14-. The second-order valence-corrected chi connectivity index (χ2v) is 10.3. The molecule has 1 amide bonds. The molecule has 0 fully saturated rings. The van der Waals surface area contributed by atoms with E-state index in [1.807, 2.05) is 0 Å². The zero-order valence-electron chi connectivity index (χ0n) is 19.0. The average Bonchev–Trinajstić information content (AvgIpc) is 2.87. The lowest BCUT2D eigenvalue weighted by molar-refractivity contribution is -0.119. The van der Waals surface area contributed by atoms with Gasteiger partial charge in [-0.05, 0) is 54.6 Å². The van der Waals surface area contributed by atoms with Crippen LogP contribution in [-0.4, -0.2) is 47.4 Å². The lowest BCUT2D eigenvalue weighted by Crippen LogP contribution is -2.39. The van der Waals surface area contributed by atoms with Gasteiger partial charge in [-0.15, -0.1) is 0 Å². The second-order valence-electron chi connectivity index (χ2n) is 7.47. The summed E-state index contributed by atoms with van der Waals surface area (Å²) in [6.07, 6.45) is 1.37. The van der Waals surface area contributed by atoms with Gasteiger partial charge in [0.1, 0.15) is 31.3 Å². The molecule has 1 heterocycles. The van der Waals surface area contributed by atoms with E-state index in [1.54, 1.807) is 18.2 Å². The average molecular weight is 578 g/mol. The number of fused-ring (bicyclic) bond motifs is 1. The number of hydrogen-bond acceptors (Lipinski definition) is 7. The Labute approximate surface area is 215 Å². The van der Waals surface area contributed by atoms with E-state index in [4.69, 9.17) is 14.2 Å². The molecule has 4 rings (SSSR count). The van der Waals surface area contributed by atoms with Crippen LogP contribution in [0.4, 0.5) is 10.1 Å². The number of halogens is 2. The van der Waals surface area contributed by atoms with Crippen LogP contribution in [0.3, 0.4) is 0 Å². The first-order valence-electron chi connectivity index (χ1n) is 10.6. The highest BCUT2D eigenvalue weighted by Crippen LogP contribution is 2.34. The molecule has 188 valence electrons. The molecular weight excluding hydrogens is 557 g/mol. The summed E-state index contributed by atoms with van der Waals surface area (Å²) < 4.78 is 58.5. The van der Waals surface area contributed by atoms with Crippen molar-refractivity contribution in [3.05, 3.63) is 76.5 Å². The van der Waals surface area contributed by atoms with E-state index in [2.05, 4.69) is 26.5 Å². The summed E-state index contributed by atoms with van der Waals surface area (Å²) in [6.45, 7) is 0.0179. The first kappa shape index (κ1) is 25.5. The number of ether oxygens (including phenoxy) is 3. The lowest BCUT2D eigenvalue weighted by atomic mass is 10.2. The Balaban J connectivity index is 1.59. The SMILES string of the molecule is COc1ccc(Br)cc1/C=N\NC(=O)CN(c1ccc(F)cc1)S(=O)(=O)c1ccc2c(c1)OCCO2. The molecule has 1 aliphatic heterocycles. The van der Waals surface area contributed by atoms with E-state index < -0.39 is 28.3 Å². The van der Waals surface area contributed by atoms with Crippen LogP contribution in [0, 0.1) is 5.82 Å². The van der Waals surface area contributed by atoms with Gasteiger partial charge in [-0.1, -0.05) is 15.9 Å².